The first-order valence-electron chi connectivity index (χ1n) is 8.82. The third-order valence-electron chi connectivity index (χ3n) is 4.08. The van der Waals surface area contributed by atoms with Crippen molar-refractivity contribution in [2.75, 3.05) is 39.1 Å². The van der Waals surface area contributed by atoms with Crippen LogP contribution in [-0.4, -0.2) is 69.7 Å². The Labute approximate surface area is 159 Å². The molecule has 0 amide bonds. The van der Waals surface area contributed by atoms with Gasteiger partial charge >= 0.3 is 0 Å². The van der Waals surface area contributed by atoms with Gasteiger partial charge in [0.05, 0.1) is 18.1 Å². The molecule has 0 spiro atoms. The molecular formula is C19H24N8. The molecule has 0 aliphatic carbocycles. The minimum Gasteiger partial charge on any atom is -0.358 e. The van der Waals surface area contributed by atoms with Gasteiger partial charge in [0, 0.05) is 19.2 Å². The SMILES string of the molecule is CN(C)CCCN(C)c1cncc(-c2cccc(/C=C/c3nn[nH]n3)c2)n1. The Balaban J connectivity index is 1.73. The molecule has 0 atom stereocenters. The summed E-state index contributed by atoms with van der Waals surface area (Å²) >= 11 is 0. The van der Waals surface area contributed by atoms with E-state index < -0.39 is 0 Å². The summed E-state index contributed by atoms with van der Waals surface area (Å²) in [5, 5.41) is 13.8. The van der Waals surface area contributed by atoms with Crippen molar-refractivity contribution in [3.05, 3.63) is 48.0 Å². The summed E-state index contributed by atoms with van der Waals surface area (Å²) in [5.41, 5.74) is 2.90. The average Bonchev–Trinajstić information content (AvgIpc) is 3.20. The van der Waals surface area contributed by atoms with Crippen molar-refractivity contribution < 1.29 is 0 Å². The summed E-state index contributed by atoms with van der Waals surface area (Å²) in [5.74, 6) is 1.42. The van der Waals surface area contributed by atoms with E-state index in [9.17, 15) is 0 Å². The molecule has 1 N–H and O–H groups in total. The predicted octanol–water partition coefficient (Wildman–Crippen LogP) is 2.21. The van der Waals surface area contributed by atoms with Gasteiger partial charge in [0.2, 0.25) is 0 Å². The number of aromatic nitrogens is 6. The number of aromatic amines is 1. The number of rotatable bonds is 8. The fourth-order valence-electron chi connectivity index (χ4n) is 2.63. The second-order valence-electron chi connectivity index (χ2n) is 6.57. The maximum absolute atomic E-state index is 4.78. The Bertz CT molecular complexity index is 873. The van der Waals surface area contributed by atoms with Gasteiger partial charge in [-0.05, 0) is 50.0 Å². The Morgan fingerprint density at radius 1 is 1.07 bits per heavy atom. The summed E-state index contributed by atoms with van der Waals surface area (Å²) < 4.78 is 0. The van der Waals surface area contributed by atoms with Crippen LogP contribution in [0, 0.1) is 0 Å². The van der Waals surface area contributed by atoms with E-state index in [1.165, 1.54) is 0 Å². The molecule has 0 radical (unpaired) electrons. The van der Waals surface area contributed by atoms with Gasteiger partial charge in [-0.3, -0.25) is 4.98 Å². The van der Waals surface area contributed by atoms with Crippen LogP contribution in [0.3, 0.4) is 0 Å². The summed E-state index contributed by atoms with van der Waals surface area (Å²) in [4.78, 5) is 13.5. The van der Waals surface area contributed by atoms with Gasteiger partial charge in [0.15, 0.2) is 5.82 Å². The molecular weight excluding hydrogens is 340 g/mol. The number of nitrogens with zero attached hydrogens (tertiary/aromatic N) is 7. The van der Waals surface area contributed by atoms with E-state index in [0.717, 1.165) is 42.1 Å². The van der Waals surface area contributed by atoms with E-state index >= 15 is 0 Å². The fraction of sp³-hybridized carbons (Fsp3) is 0.316. The predicted molar refractivity (Wildman–Crippen MR) is 107 cm³/mol. The highest BCUT2D eigenvalue weighted by molar-refractivity contribution is 5.71. The quantitative estimate of drug-likeness (QED) is 0.656. The normalized spacial score (nSPS) is 11.4. The van der Waals surface area contributed by atoms with Crippen LogP contribution in [0.4, 0.5) is 5.82 Å². The summed E-state index contributed by atoms with van der Waals surface area (Å²) in [6, 6.07) is 8.12. The first-order valence-corrected chi connectivity index (χ1v) is 8.82. The minimum absolute atomic E-state index is 0.543. The number of tetrazole rings is 1. The van der Waals surface area contributed by atoms with Gasteiger partial charge in [0.25, 0.3) is 0 Å². The van der Waals surface area contributed by atoms with Gasteiger partial charge in [-0.1, -0.05) is 24.3 Å². The number of nitrogens with one attached hydrogen (secondary N) is 1. The van der Waals surface area contributed by atoms with E-state index in [4.69, 9.17) is 4.98 Å². The van der Waals surface area contributed by atoms with Crippen LogP contribution in [0.1, 0.15) is 17.8 Å². The molecule has 0 saturated carbocycles. The monoisotopic (exact) mass is 364 g/mol. The van der Waals surface area contributed by atoms with E-state index in [1.807, 2.05) is 37.4 Å². The van der Waals surface area contributed by atoms with E-state index in [0.29, 0.717) is 5.82 Å². The van der Waals surface area contributed by atoms with E-state index in [1.54, 1.807) is 12.4 Å². The molecule has 0 fully saturated rings. The van der Waals surface area contributed by atoms with Crippen LogP contribution in [0.25, 0.3) is 23.4 Å². The zero-order chi connectivity index (χ0) is 19.1. The summed E-state index contributed by atoms with van der Waals surface area (Å²) in [7, 11) is 6.22. The molecule has 0 saturated heterocycles. The molecule has 3 rings (SSSR count). The van der Waals surface area contributed by atoms with Crippen molar-refractivity contribution in [3.63, 3.8) is 0 Å². The molecule has 8 nitrogen and oxygen atoms in total. The highest BCUT2D eigenvalue weighted by Gasteiger charge is 2.07. The van der Waals surface area contributed by atoms with E-state index in [2.05, 4.69) is 55.6 Å². The summed E-state index contributed by atoms with van der Waals surface area (Å²) in [6.45, 7) is 1.98. The molecule has 140 valence electrons. The zero-order valence-corrected chi connectivity index (χ0v) is 15.9. The van der Waals surface area contributed by atoms with Crippen molar-refractivity contribution in [1.29, 1.82) is 0 Å². The lowest BCUT2D eigenvalue weighted by molar-refractivity contribution is 0.401. The maximum Gasteiger partial charge on any atom is 0.197 e. The van der Waals surface area contributed by atoms with Gasteiger partial charge in [-0.25, -0.2) is 4.98 Å². The number of hydrogen-bond donors (Lipinski definition) is 1. The lowest BCUT2D eigenvalue weighted by Gasteiger charge is -2.19. The van der Waals surface area contributed by atoms with Gasteiger partial charge in [0.1, 0.15) is 5.82 Å². The third-order valence-corrected chi connectivity index (χ3v) is 4.08. The maximum atomic E-state index is 4.78. The number of hydrogen-bond acceptors (Lipinski definition) is 7. The van der Waals surface area contributed by atoms with Crippen LogP contribution in [-0.2, 0) is 0 Å². The Hall–Kier alpha value is -3.13. The lowest BCUT2D eigenvalue weighted by Crippen LogP contribution is -2.24. The van der Waals surface area contributed by atoms with Crippen LogP contribution >= 0.6 is 0 Å². The van der Waals surface area contributed by atoms with Gasteiger partial charge in [-0.15, -0.1) is 10.2 Å². The number of anilines is 1. The average molecular weight is 364 g/mol. The second-order valence-corrected chi connectivity index (χ2v) is 6.57. The highest BCUT2D eigenvalue weighted by Crippen LogP contribution is 2.21. The van der Waals surface area contributed by atoms with Crippen molar-refractivity contribution in [2.24, 2.45) is 0 Å². The first-order chi connectivity index (χ1) is 13.1. The van der Waals surface area contributed by atoms with Crippen molar-refractivity contribution in [1.82, 2.24) is 35.5 Å². The molecule has 0 aliphatic heterocycles. The number of H-pyrrole nitrogens is 1. The lowest BCUT2D eigenvalue weighted by atomic mass is 10.1. The Morgan fingerprint density at radius 3 is 2.74 bits per heavy atom. The molecule has 2 aromatic heterocycles. The second kappa shape index (κ2) is 9.00. The Morgan fingerprint density at radius 2 is 1.96 bits per heavy atom. The smallest absolute Gasteiger partial charge is 0.197 e. The molecule has 0 unspecified atom stereocenters. The largest absolute Gasteiger partial charge is 0.358 e. The van der Waals surface area contributed by atoms with Crippen LogP contribution in [0.15, 0.2) is 36.7 Å². The molecule has 8 heteroatoms. The van der Waals surface area contributed by atoms with Crippen LogP contribution in [0.5, 0.6) is 0 Å². The van der Waals surface area contributed by atoms with Gasteiger partial charge < -0.3 is 9.80 Å². The van der Waals surface area contributed by atoms with Crippen LogP contribution < -0.4 is 4.90 Å². The first kappa shape index (κ1) is 18.7. The highest BCUT2D eigenvalue weighted by atomic mass is 15.5. The molecule has 27 heavy (non-hydrogen) atoms. The summed E-state index contributed by atoms with van der Waals surface area (Å²) in [6.07, 6.45) is 8.42. The fourth-order valence-corrected chi connectivity index (χ4v) is 2.63. The molecule has 1 aromatic carbocycles. The molecule has 0 aliphatic rings. The topological polar surface area (TPSA) is 86.7 Å². The van der Waals surface area contributed by atoms with Crippen molar-refractivity contribution >= 4 is 18.0 Å². The molecule has 0 bridgehead atoms. The minimum atomic E-state index is 0.543. The van der Waals surface area contributed by atoms with Crippen molar-refractivity contribution in [2.45, 2.75) is 6.42 Å². The van der Waals surface area contributed by atoms with E-state index in [-0.39, 0.29) is 0 Å². The van der Waals surface area contributed by atoms with Crippen molar-refractivity contribution in [3.8, 4) is 11.3 Å². The van der Waals surface area contributed by atoms with Crippen LogP contribution in [0.2, 0.25) is 0 Å². The third kappa shape index (κ3) is 5.42. The standard InChI is InChI=1S/C19H24N8/c1-26(2)10-5-11-27(3)19-14-20-13-17(21-19)16-7-4-6-15(12-16)8-9-18-22-24-25-23-18/h4,6-9,12-14H,5,10-11H2,1-3H3,(H,22,23,24,25)/b9-8+. The zero-order valence-electron chi connectivity index (χ0n) is 15.9. The van der Waals surface area contributed by atoms with Gasteiger partial charge in [-0.2, -0.15) is 5.21 Å². The molecule has 3 aromatic rings. The molecule has 2 heterocycles. The number of benzene rings is 1. The Kier molecular flexibility index (Phi) is 6.22.